The van der Waals surface area contributed by atoms with E-state index >= 15 is 0 Å². The lowest BCUT2D eigenvalue weighted by atomic mass is 10.1. The van der Waals surface area contributed by atoms with Gasteiger partial charge >= 0.3 is 5.97 Å². The van der Waals surface area contributed by atoms with Gasteiger partial charge in [0.05, 0.1) is 0 Å². The van der Waals surface area contributed by atoms with Gasteiger partial charge in [0.15, 0.2) is 11.4 Å². The van der Waals surface area contributed by atoms with Crippen LogP contribution in [0.2, 0.25) is 0 Å². The van der Waals surface area contributed by atoms with E-state index in [9.17, 15) is 9.90 Å². The van der Waals surface area contributed by atoms with Crippen molar-refractivity contribution in [2.45, 2.75) is 19.4 Å². The van der Waals surface area contributed by atoms with E-state index in [1.54, 1.807) is 13.8 Å². The number of nitrogens with zero attached hydrogens (tertiary/aromatic N) is 4. The lowest BCUT2D eigenvalue weighted by molar-refractivity contribution is -0.146. The fourth-order valence-corrected chi connectivity index (χ4v) is 2.81. The summed E-state index contributed by atoms with van der Waals surface area (Å²) in [5.41, 5.74) is -0.506. The van der Waals surface area contributed by atoms with E-state index in [4.69, 9.17) is 0 Å². The topological polar surface area (TPSA) is 80.9 Å². The standard InChI is InChI=1S/C11H10Br2N4O2/c1-11(2,10(18)19)17-9(14-15-16-17)6-3-7(12)5-8(13)4-6/h3-5H,1-2H3,(H,18,19). The summed E-state index contributed by atoms with van der Waals surface area (Å²) in [6, 6.07) is 5.52. The predicted molar refractivity (Wildman–Crippen MR) is 75.6 cm³/mol. The van der Waals surface area contributed by atoms with Gasteiger partial charge in [-0.05, 0) is 42.5 Å². The smallest absolute Gasteiger partial charge is 0.331 e. The number of aliphatic carboxylic acids is 1. The summed E-state index contributed by atoms with van der Waals surface area (Å²) in [6.45, 7) is 3.09. The number of benzene rings is 1. The van der Waals surface area contributed by atoms with Crippen molar-refractivity contribution >= 4 is 37.8 Å². The molecule has 0 saturated carbocycles. The highest BCUT2D eigenvalue weighted by Gasteiger charge is 2.33. The third-order valence-electron chi connectivity index (χ3n) is 2.64. The Balaban J connectivity index is 2.59. The molecule has 0 unspecified atom stereocenters. The summed E-state index contributed by atoms with van der Waals surface area (Å²) in [5, 5.41) is 20.5. The lowest BCUT2D eigenvalue weighted by Gasteiger charge is -2.20. The van der Waals surface area contributed by atoms with Crippen molar-refractivity contribution in [2.24, 2.45) is 0 Å². The highest BCUT2D eigenvalue weighted by Crippen LogP contribution is 2.28. The van der Waals surface area contributed by atoms with Crippen LogP contribution in [0.3, 0.4) is 0 Å². The molecular weight excluding hydrogens is 380 g/mol. The SMILES string of the molecule is CC(C)(C(=O)O)n1nnnc1-c1cc(Br)cc(Br)c1. The summed E-state index contributed by atoms with van der Waals surface area (Å²) < 4.78 is 2.99. The molecule has 0 saturated heterocycles. The Morgan fingerprint density at radius 1 is 1.26 bits per heavy atom. The summed E-state index contributed by atoms with van der Waals surface area (Å²) in [5.74, 6) is -0.607. The summed E-state index contributed by atoms with van der Waals surface area (Å²) in [7, 11) is 0. The molecule has 2 aromatic rings. The third kappa shape index (κ3) is 2.69. The van der Waals surface area contributed by atoms with Crippen LogP contribution in [0, 0.1) is 0 Å². The quantitative estimate of drug-likeness (QED) is 0.872. The van der Waals surface area contributed by atoms with E-state index in [-0.39, 0.29) is 0 Å². The largest absolute Gasteiger partial charge is 0.479 e. The minimum Gasteiger partial charge on any atom is -0.479 e. The van der Waals surface area contributed by atoms with Gasteiger partial charge in [-0.15, -0.1) is 5.10 Å². The van der Waals surface area contributed by atoms with Crippen LogP contribution in [0.25, 0.3) is 11.4 Å². The van der Waals surface area contributed by atoms with Crippen molar-refractivity contribution in [3.63, 3.8) is 0 Å². The number of carboxylic acids is 1. The minimum atomic E-state index is -1.23. The molecule has 1 aromatic carbocycles. The molecule has 1 N–H and O–H groups in total. The van der Waals surface area contributed by atoms with E-state index in [0.29, 0.717) is 5.82 Å². The predicted octanol–water partition coefficient (Wildman–Crippen LogP) is 2.68. The van der Waals surface area contributed by atoms with Crippen LogP contribution in [0.1, 0.15) is 13.8 Å². The first kappa shape index (κ1) is 14.1. The fourth-order valence-electron chi connectivity index (χ4n) is 1.52. The first-order chi connectivity index (χ1) is 8.82. The average molecular weight is 390 g/mol. The molecule has 19 heavy (non-hydrogen) atoms. The first-order valence-corrected chi connectivity index (χ1v) is 6.89. The second-order valence-electron chi connectivity index (χ2n) is 4.44. The molecule has 1 aromatic heterocycles. The number of aromatic nitrogens is 4. The van der Waals surface area contributed by atoms with Crippen molar-refractivity contribution in [2.75, 3.05) is 0 Å². The Morgan fingerprint density at radius 2 is 1.84 bits per heavy atom. The molecule has 0 atom stereocenters. The van der Waals surface area contributed by atoms with E-state index in [1.807, 2.05) is 18.2 Å². The molecule has 0 radical (unpaired) electrons. The molecule has 0 aliphatic carbocycles. The van der Waals surface area contributed by atoms with Gasteiger partial charge in [0.25, 0.3) is 0 Å². The highest BCUT2D eigenvalue weighted by atomic mass is 79.9. The highest BCUT2D eigenvalue weighted by molar-refractivity contribution is 9.11. The number of hydrogen-bond acceptors (Lipinski definition) is 4. The Bertz CT molecular complexity index is 619. The molecule has 0 aliphatic heterocycles. The van der Waals surface area contributed by atoms with E-state index in [1.165, 1.54) is 4.68 Å². The van der Waals surface area contributed by atoms with Crippen LogP contribution in [-0.2, 0) is 10.3 Å². The average Bonchev–Trinajstić information content (AvgIpc) is 2.76. The van der Waals surface area contributed by atoms with Crippen LogP contribution in [0.15, 0.2) is 27.1 Å². The van der Waals surface area contributed by atoms with Gasteiger partial charge in [-0.25, -0.2) is 9.48 Å². The maximum Gasteiger partial charge on any atom is 0.331 e. The monoisotopic (exact) mass is 388 g/mol. The van der Waals surface area contributed by atoms with Gasteiger partial charge in [-0.2, -0.15) is 0 Å². The zero-order valence-electron chi connectivity index (χ0n) is 10.1. The lowest BCUT2D eigenvalue weighted by Crippen LogP contribution is -2.37. The number of carboxylic acid groups (broad SMARTS) is 1. The second kappa shape index (κ2) is 5.01. The number of hydrogen-bond donors (Lipinski definition) is 1. The normalized spacial score (nSPS) is 11.6. The molecule has 0 aliphatic rings. The van der Waals surface area contributed by atoms with Crippen molar-refractivity contribution in [1.29, 1.82) is 0 Å². The van der Waals surface area contributed by atoms with Crippen molar-refractivity contribution < 1.29 is 9.90 Å². The number of rotatable bonds is 3. The summed E-state index contributed by atoms with van der Waals surface area (Å²) in [4.78, 5) is 11.3. The Morgan fingerprint density at radius 3 is 2.37 bits per heavy atom. The van der Waals surface area contributed by atoms with Gasteiger partial charge in [-0.1, -0.05) is 31.9 Å². The van der Waals surface area contributed by atoms with Crippen LogP contribution in [-0.4, -0.2) is 31.3 Å². The van der Waals surface area contributed by atoms with Gasteiger partial charge in [-0.3, -0.25) is 0 Å². The van der Waals surface area contributed by atoms with E-state index in [2.05, 4.69) is 47.4 Å². The Labute approximate surface area is 126 Å². The second-order valence-corrected chi connectivity index (χ2v) is 6.27. The van der Waals surface area contributed by atoms with Gasteiger partial charge in [0.1, 0.15) is 0 Å². The minimum absolute atomic E-state index is 0.398. The molecule has 0 bridgehead atoms. The van der Waals surface area contributed by atoms with Gasteiger partial charge < -0.3 is 5.11 Å². The molecule has 100 valence electrons. The van der Waals surface area contributed by atoms with Crippen molar-refractivity contribution in [3.8, 4) is 11.4 Å². The Kier molecular flexibility index (Phi) is 3.73. The van der Waals surface area contributed by atoms with Crippen LogP contribution in [0.5, 0.6) is 0 Å². The zero-order valence-corrected chi connectivity index (χ0v) is 13.3. The maximum atomic E-state index is 11.3. The third-order valence-corrected chi connectivity index (χ3v) is 3.56. The summed E-state index contributed by atoms with van der Waals surface area (Å²) >= 11 is 6.76. The maximum absolute atomic E-state index is 11.3. The first-order valence-electron chi connectivity index (χ1n) is 5.31. The van der Waals surface area contributed by atoms with Crippen molar-refractivity contribution in [3.05, 3.63) is 27.1 Å². The molecule has 8 heteroatoms. The van der Waals surface area contributed by atoms with Crippen molar-refractivity contribution in [1.82, 2.24) is 20.2 Å². The Hall–Kier alpha value is -1.28. The number of tetrazole rings is 1. The molecule has 1 heterocycles. The molecule has 0 amide bonds. The summed E-state index contributed by atoms with van der Waals surface area (Å²) in [6.07, 6.45) is 0. The van der Waals surface area contributed by atoms with Gasteiger partial charge in [0, 0.05) is 14.5 Å². The van der Waals surface area contributed by atoms with Crippen LogP contribution in [0.4, 0.5) is 0 Å². The van der Waals surface area contributed by atoms with Gasteiger partial charge in [0.2, 0.25) is 0 Å². The van der Waals surface area contributed by atoms with E-state index in [0.717, 1.165) is 14.5 Å². The van der Waals surface area contributed by atoms with Crippen LogP contribution < -0.4 is 0 Å². The molecule has 0 spiro atoms. The van der Waals surface area contributed by atoms with E-state index < -0.39 is 11.5 Å². The zero-order chi connectivity index (χ0) is 14.2. The number of carbonyl (C=O) groups is 1. The molecular formula is C11H10Br2N4O2. The molecule has 6 nitrogen and oxygen atoms in total. The molecule has 2 rings (SSSR count). The fraction of sp³-hybridized carbons (Fsp3) is 0.273. The molecule has 0 fully saturated rings. The number of halogens is 2. The van der Waals surface area contributed by atoms with Crippen LogP contribution >= 0.6 is 31.9 Å².